The molecule has 0 aliphatic rings. The average molecular weight is 341 g/mol. The summed E-state index contributed by atoms with van der Waals surface area (Å²) in [5.41, 5.74) is 2.67. The SMILES string of the molecule is COCc1ccccc1CNC(=O)C(C)NC(=O)Nc1ccccc1. The number of nitrogens with one attached hydrogen (secondary N) is 3. The number of urea groups is 1. The van der Waals surface area contributed by atoms with Crippen molar-refractivity contribution in [2.24, 2.45) is 0 Å². The highest BCUT2D eigenvalue weighted by molar-refractivity contribution is 5.93. The van der Waals surface area contributed by atoms with Gasteiger partial charge in [0, 0.05) is 19.3 Å². The van der Waals surface area contributed by atoms with Crippen LogP contribution in [-0.4, -0.2) is 25.1 Å². The quantitative estimate of drug-likeness (QED) is 0.724. The first-order chi connectivity index (χ1) is 12.1. The van der Waals surface area contributed by atoms with Crippen LogP contribution in [0.1, 0.15) is 18.1 Å². The molecule has 0 heterocycles. The molecule has 6 heteroatoms. The number of benzene rings is 2. The van der Waals surface area contributed by atoms with Crippen molar-refractivity contribution >= 4 is 17.6 Å². The standard InChI is InChI=1S/C19H23N3O3/c1-14(21-19(24)22-17-10-4-3-5-11-17)18(23)20-12-15-8-6-7-9-16(15)13-25-2/h3-11,14H,12-13H2,1-2H3,(H,20,23)(H2,21,22,24). The summed E-state index contributed by atoms with van der Waals surface area (Å²) < 4.78 is 5.15. The lowest BCUT2D eigenvalue weighted by atomic mass is 10.1. The number of methoxy groups -OCH3 is 1. The molecule has 0 bridgehead atoms. The number of hydrogen-bond acceptors (Lipinski definition) is 3. The second-order valence-corrected chi connectivity index (χ2v) is 5.61. The Hall–Kier alpha value is -2.86. The summed E-state index contributed by atoms with van der Waals surface area (Å²) in [6, 6.07) is 15.7. The van der Waals surface area contributed by atoms with Crippen LogP contribution in [-0.2, 0) is 22.7 Å². The smallest absolute Gasteiger partial charge is 0.319 e. The van der Waals surface area contributed by atoms with Crippen LogP contribution in [0.4, 0.5) is 10.5 Å². The Bertz CT molecular complexity index is 704. The Kier molecular flexibility index (Phi) is 6.98. The van der Waals surface area contributed by atoms with Crippen LogP contribution in [0.25, 0.3) is 0 Å². The minimum absolute atomic E-state index is 0.254. The fraction of sp³-hybridized carbons (Fsp3) is 0.263. The molecule has 0 spiro atoms. The van der Waals surface area contributed by atoms with E-state index in [1.807, 2.05) is 42.5 Å². The molecule has 0 saturated carbocycles. The van der Waals surface area contributed by atoms with Gasteiger partial charge in [-0.2, -0.15) is 0 Å². The zero-order valence-electron chi connectivity index (χ0n) is 14.4. The summed E-state index contributed by atoms with van der Waals surface area (Å²) in [6.07, 6.45) is 0. The molecular weight excluding hydrogens is 318 g/mol. The summed E-state index contributed by atoms with van der Waals surface area (Å²) in [7, 11) is 1.63. The van der Waals surface area contributed by atoms with Crippen molar-refractivity contribution < 1.29 is 14.3 Å². The van der Waals surface area contributed by atoms with Crippen LogP contribution in [0.2, 0.25) is 0 Å². The molecule has 2 aromatic rings. The molecule has 0 aromatic heterocycles. The molecule has 3 N–H and O–H groups in total. The van der Waals surface area contributed by atoms with Crippen molar-refractivity contribution in [2.75, 3.05) is 12.4 Å². The van der Waals surface area contributed by atoms with Gasteiger partial charge in [0.25, 0.3) is 0 Å². The van der Waals surface area contributed by atoms with Gasteiger partial charge in [0.1, 0.15) is 6.04 Å². The molecule has 3 amide bonds. The monoisotopic (exact) mass is 341 g/mol. The second kappa shape index (κ2) is 9.44. The number of anilines is 1. The molecule has 6 nitrogen and oxygen atoms in total. The third-order valence-corrected chi connectivity index (χ3v) is 3.64. The van der Waals surface area contributed by atoms with Crippen LogP contribution in [0, 0.1) is 0 Å². The van der Waals surface area contributed by atoms with Gasteiger partial charge in [-0.15, -0.1) is 0 Å². The average Bonchev–Trinajstić information content (AvgIpc) is 2.61. The van der Waals surface area contributed by atoms with E-state index in [-0.39, 0.29) is 5.91 Å². The zero-order valence-corrected chi connectivity index (χ0v) is 14.4. The lowest BCUT2D eigenvalue weighted by Gasteiger charge is -2.16. The van der Waals surface area contributed by atoms with E-state index < -0.39 is 12.1 Å². The number of rotatable bonds is 7. The van der Waals surface area contributed by atoms with Gasteiger partial charge in [0.15, 0.2) is 0 Å². The van der Waals surface area contributed by atoms with Crippen molar-refractivity contribution in [2.45, 2.75) is 26.1 Å². The van der Waals surface area contributed by atoms with E-state index >= 15 is 0 Å². The summed E-state index contributed by atoms with van der Waals surface area (Å²) in [5, 5.41) is 8.13. The molecule has 2 rings (SSSR count). The molecule has 0 aliphatic carbocycles. The molecule has 25 heavy (non-hydrogen) atoms. The molecule has 0 fully saturated rings. The Morgan fingerprint density at radius 2 is 1.64 bits per heavy atom. The maximum absolute atomic E-state index is 12.2. The van der Waals surface area contributed by atoms with E-state index in [0.29, 0.717) is 18.8 Å². The van der Waals surface area contributed by atoms with E-state index in [1.165, 1.54) is 0 Å². The largest absolute Gasteiger partial charge is 0.380 e. The van der Waals surface area contributed by atoms with Crippen molar-refractivity contribution in [1.29, 1.82) is 0 Å². The van der Waals surface area contributed by atoms with Gasteiger partial charge in [-0.25, -0.2) is 4.79 Å². The molecule has 1 unspecified atom stereocenters. The summed E-state index contributed by atoms with van der Waals surface area (Å²) >= 11 is 0. The third-order valence-electron chi connectivity index (χ3n) is 3.64. The van der Waals surface area contributed by atoms with Crippen LogP contribution in [0.15, 0.2) is 54.6 Å². The molecule has 132 valence electrons. The number of ether oxygens (including phenoxy) is 1. The number of para-hydroxylation sites is 1. The summed E-state index contributed by atoms with van der Waals surface area (Å²) in [6.45, 7) is 2.50. The number of amides is 3. The van der Waals surface area contributed by atoms with Gasteiger partial charge in [-0.1, -0.05) is 42.5 Å². The van der Waals surface area contributed by atoms with Crippen LogP contribution < -0.4 is 16.0 Å². The number of carbonyl (C=O) groups is 2. The van der Waals surface area contributed by atoms with Gasteiger partial charge in [-0.05, 0) is 30.2 Å². The molecule has 0 radical (unpaired) electrons. The van der Waals surface area contributed by atoms with Crippen molar-refractivity contribution in [3.8, 4) is 0 Å². The van der Waals surface area contributed by atoms with Gasteiger partial charge in [0.2, 0.25) is 5.91 Å². The minimum atomic E-state index is -0.654. The van der Waals surface area contributed by atoms with Crippen LogP contribution >= 0.6 is 0 Å². The predicted molar refractivity (Wildman–Crippen MR) is 97.1 cm³/mol. The normalized spacial score (nSPS) is 11.4. The highest BCUT2D eigenvalue weighted by Crippen LogP contribution is 2.09. The fourth-order valence-corrected chi connectivity index (χ4v) is 2.31. The number of hydrogen-bond donors (Lipinski definition) is 3. The molecular formula is C19H23N3O3. The Labute approximate surface area is 147 Å². The highest BCUT2D eigenvalue weighted by atomic mass is 16.5. The van der Waals surface area contributed by atoms with Crippen molar-refractivity contribution in [3.63, 3.8) is 0 Å². The Morgan fingerprint density at radius 3 is 2.32 bits per heavy atom. The van der Waals surface area contributed by atoms with E-state index in [9.17, 15) is 9.59 Å². The van der Waals surface area contributed by atoms with Gasteiger partial charge in [0.05, 0.1) is 6.61 Å². The van der Waals surface area contributed by atoms with Gasteiger partial charge < -0.3 is 20.7 Å². The van der Waals surface area contributed by atoms with Crippen LogP contribution in [0.3, 0.4) is 0 Å². The molecule has 2 aromatic carbocycles. The first-order valence-electron chi connectivity index (χ1n) is 8.06. The lowest BCUT2D eigenvalue weighted by molar-refractivity contribution is -0.122. The first kappa shape index (κ1) is 18.5. The lowest BCUT2D eigenvalue weighted by Crippen LogP contribution is -2.46. The molecule has 1 atom stereocenters. The van der Waals surface area contributed by atoms with Crippen molar-refractivity contribution in [1.82, 2.24) is 10.6 Å². The van der Waals surface area contributed by atoms with Crippen LogP contribution in [0.5, 0.6) is 0 Å². The topological polar surface area (TPSA) is 79.5 Å². The highest BCUT2D eigenvalue weighted by Gasteiger charge is 2.15. The Balaban J connectivity index is 1.83. The maximum Gasteiger partial charge on any atom is 0.319 e. The predicted octanol–water partition coefficient (Wildman–Crippen LogP) is 2.66. The third kappa shape index (κ3) is 5.93. The van der Waals surface area contributed by atoms with E-state index in [0.717, 1.165) is 11.1 Å². The molecule has 0 aliphatic heterocycles. The molecule has 0 saturated heterocycles. The maximum atomic E-state index is 12.2. The first-order valence-corrected chi connectivity index (χ1v) is 8.06. The fourth-order valence-electron chi connectivity index (χ4n) is 2.31. The van der Waals surface area contributed by atoms with E-state index in [4.69, 9.17) is 4.74 Å². The van der Waals surface area contributed by atoms with Gasteiger partial charge >= 0.3 is 6.03 Å². The number of carbonyl (C=O) groups excluding carboxylic acids is 2. The van der Waals surface area contributed by atoms with E-state index in [2.05, 4.69) is 16.0 Å². The Morgan fingerprint density at radius 1 is 1.00 bits per heavy atom. The van der Waals surface area contributed by atoms with Gasteiger partial charge in [-0.3, -0.25) is 4.79 Å². The second-order valence-electron chi connectivity index (χ2n) is 5.61. The minimum Gasteiger partial charge on any atom is -0.380 e. The zero-order chi connectivity index (χ0) is 18.1. The van der Waals surface area contributed by atoms with Crippen molar-refractivity contribution in [3.05, 3.63) is 65.7 Å². The summed E-state index contributed by atoms with van der Waals surface area (Å²) in [5.74, 6) is -0.254. The van der Waals surface area contributed by atoms with E-state index in [1.54, 1.807) is 26.2 Å². The summed E-state index contributed by atoms with van der Waals surface area (Å²) in [4.78, 5) is 24.1.